The van der Waals surface area contributed by atoms with Gasteiger partial charge >= 0.3 is 21.4 Å². The van der Waals surface area contributed by atoms with Gasteiger partial charge in [0.15, 0.2) is 12.6 Å². The zero-order valence-electron chi connectivity index (χ0n) is 30.1. The molecule has 0 fully saturated rings. The molecule has 0 aliphatic heterocycles. The van der Waals surface area contributed by atoms with Gasteiger partial charge in [-0.2, -0.15) is 5.06 Å². The summed E-state index contributed by atoms with van der Waals surface area (Å²) in [5.74, 6) is -3.15. The maximum Gasteiger partial charge on any atom is 0.472 e. The lowest BCUT2D eigenvalue weighted by molar-refractivity contribution is -0.171. The summed E-state index contributed by atoms with van der Waals surface area (Å²) in [5.41, 5.74) is 0.468. The number of nitrogens with zero attached hydrogens (tertiary/aromatic N) is 1. The lowest BCUT2D eigenvalue weighted by atomic mass is 9.90. The third kappa shape index (κ3) is 12.8. The molecule has 0 saturated heterocycles. The van der Waals surface area contributed by atoms with Crippen LogP contribution in [-0.4, -0.2) is 74.9 Å². The first-order chi connectivity index (χ1) is 25.5. The van der Waals surface area contributed by atoms with E-state index in [2.05, 4.69) is 15.2 Å². The van der Waals surface area contributed by atoms with Crippen LogP contribution in [0, 0.1) is 12.8 Å². The van der Waals surface area contributed by atoms with Crippen LogP contribution in [0.15, 0.2) is 52.9 Å². The fraction of sp³-hybridized carbons (Fsp3) is 0.412. The van der Waals surface area contributed by atoms with Crippen molar-refractivity contribution in [2.24, 2.45) is 5.92 Å². The van der Waals surface area contributed by atoms with E-state index in [0.717, 1.165) is 17.9 Å². The molecule has 18 nitrogen and oxygen atoms in total. The number of phosphoric acid groups is 1. The van der Waals surface area contributed by atoms with E-state index in [-0.39, 0.29) is 65.6 Å². The van der Waals surface area contributed by atoms with Crippen LogP contribution in [0.4, 0.5) is 0 Å². The van der Waals surface area contributed by atoms with E-state index in [1.54, 1.807) is 26.8 Å². The van der Waals surface area contributed by atoms with Gasteiger partial charge in [0, 0.05) is 5.56 Å². The van der Waals surface area contributed by atoms with Crippen molar-refractivity contribution in [1.82, 2.24) is 15.7 Å². The van der Waals surface area contributed by atoms with Crippen LogP contribution in [0.3, 0.4) is 0 Å². The van der Waals surface area contributed by atoms with Crippen molar-refractivity contribution >= 4 is 44.9 Å². The molecule has 6 N–H and O–H groups in total. The molecule has 0 radical (unpaired) electrons. The Morgan fingerprint density at radius 2 is 1.70 bits per heavy atom. The number of hydrogen-bond donors (Lipinski definition) is 6. The summed E-state index contributed by atoms with van der Waals surface area (Å²) in [6, 6.07) is 10.2. The van der Waals surface area contributed by atoms with Crippen molar-refractivity contribution < 1.29 is 71.1 Å². The number of ether oxygens (including phenoxy) is 2. The average molecular weight is 798 g/mol. The van der Waals surface area contributed by atoms with E-state index in [0.29, 0.717) is 18.4 Å². The summed E-state index contributed by atoms with van der Waals surface area (Å²) >= 11 is 0. The first-order valence-electron chi connectivity index (χ1n) is 16.9. The average Bonchev–Trinajstić information content (AvgIpc) is 3.60. The fourth-order valence-electron chi connectivity index (χ4n) is 5.43. The molecule has 0 bridgehead atoms. The third-order valence-corrected chi connectivity index (χ3v) is 9.37. The number of rotatable bonds is 22. The number of unbranched alkanes of at least 4 members (excludes halogenated alkanes) is 2. The lowest BCUT2D eigenvalue weighted by Gasteiger charge is -2.32. The van der Waals surface area contributed by atoms with Gasteiger partial charge in [0.05, 0.1) is 30.5 Å². The predicted octanol–water partition coefficient (Wildman–Crippen LogP) is 3.91. The van der Waals surface area contributed by atoms with E-state index >= 15 is 0 Å². The highest BCUT2D eigenvalue weighted by Gasteiger charge is 2.34. The first-order valence-corrected chi connectivity index (χ1v) is 20.1. The van der Waals surface area contributed by atoms with Gasteiger partial charge in [-0.05, 0) is 68.7 Å². The molecule has 0 saturated carbocycles. The second kappa shape index (κ2) is 20.2. The fourth-order valence-corrected chi connectivity index (χ4v) is 6.23. The number of carbonyl (C=O) groups excluding carboxylic acids is 4. The second-order valence-electron chi connectivity index (χ2n) is 11.8. The van der Waals surface area contributed by atoms with Crippen LogP contribution in [-0.2, 0) is 28.1 Å². The van der Waals surface area contributed by atoms with Crippen LogP contribution in [0.25, 0.3) is 11.3 Å². The minimum Gasteiger partial charge on any atom is -0.494 e. The Balaban J connectivity index is 1.73. The molecule has 3 rings (SSSR count). The Labute approximate surface area is 311 Å². The second-order valence-corrected chi connectivity index (χ2v) is 14.7. The molecule has 1 aromatic heterocycles. The van der Waals surface area contributed by atoms with Gasteiger partial charge in [0.1, 0.15) is 22.8 Å². The number of nitrogens with one attached hydrogen (secondary N) is 2. The smallest absolute Gasteiger partial charge is 0.472 e. The molecule has 20 heteroatoms. The summed E-state index contributed by atoms with van der Waals surface area (Å²) in [6.07, 6.45) is 2.94. The summed E-state index contributed by atoms with van der Waals surface area (Å²) in [6.45, 7) is 5.93. The van der Waals surface area contributed by atoms with Crippen LogP contribution in [0.2, 0.25) is 0 Å². The predicted molar refractivity (Wildman–Crippen MR) is 192 cm³/mol. The van der Waals surface area contributed by atoms with E-state index < -0.39 is 52.0 Å². The summed E-state index contributed by atoms with van der Waals surface area (Å²) in [7, 11) is -9.51. The van der Waals surface area contributed by atoms with Gasteiger partial charge in [-0.1, -0.05) is 45.2 Å². The molecule has 2 aromatic carbocycles. The summed E-state index contributed by atoms with van der Waals surface area (Å²) < 4.78 is 43.6. The Morgan fingerprint density at radius 3 is 2.33 bits per heavy atom. The number of phosphoric ester groups is 1. The Bertz CT molecular complexity index is 1850. The normalized spacial score (nSPS) is 12.7. The summed E-state index contributed by atoms with van der Waals surface area (Å²) in [4.78, 5) is 95.0. The minimum absolute atomic E-state index is 0.129. The molecule has 1 heterocycles. The van der Waals surface area contributed by atoms with E-state index in [4.69, 9.17) is 28.5 Å². The van der Waals surface area contributed by atoms with Gasteiger partial charge in [0.25, 0.3) is 5.91 Å². The Hall–Kier alpha value is -4.54. The maximum atomic E-state index is 13.6. The van der Waals surface area contributed by atoms with E-state index in [1.165, 1.54) is 42.5 Å². The highest BCUT2D eigenvalue weighted by atomic mass is 31.2. The quantitative estimate of drug-likeness (QED) is 0.0277. The van der Waals surface area contributed by atoms with Crippen molar-refractivity contribution in [1.29, 1.82) is 0 Å². The van der Waals surface area contributed by atoms with Crippen molar-refractivity contribution in [2.75, 3.05) is 20.1 Å². The monoisotopic (exact) mass is 797 g/mol. The van der Waals surface area contributed by atoms with E-state index in [9.17, 15) is 38.1 Å². The molecule has 0 unspecified atom stereocenters. The highest BCUT2D eigenvalue weighted by molar-refractivity contribution is 7.60. The van der Waals surface area contributed by atoms with Crippen LogP contribution in [0.1, 0.15) is 79.4 Å². The molecule has 3 amide bonds. The third-order valence-electron chi connectivity index (χ3n) is 8.00. The molecule has 2 atom stereocenters. The van der Waals surface area contributed by atoms with Crippen molar-refractivity contribution in [3.63, 3.8) is 0 Å². The van der Waals surface area contributed by atoms with Gasteiger partial charge in [-0.3, -0.25) is 18.9 Å². The van der Waals surface area contributed by atoms with Crippen LogP contribution < -0.4 is 25.4 Å². The SMILES string of the molecule is CCCCC[C@@H](C(=O)NCNC(=O)c1ccc(-c2cc(OCC)cc(P(=O)(O)O)c2)o1)[C@@H](CC)N(C=O)OC(=O)c1c(C)cccc1OCOP(=O)(O)O. The molecular formula is C34H45N3O15P2. The number of aryl methyl sites for hydroxylation is 1. The standard InChI is InChI=1S/C34H45N3O15P2/c1-5-8-9-12-26(27(6-2)37(20-38)52-34(41)31-22(4)11-10-13-29(31)49-21-50-54(45,46)47)32(39)35-19-36-33(40)30-15-14-28(51-30)23-16-24(48-7-3)18-25(17-23)53(42,43)44/h10-11,13-18,20,26-27H,5-9,12,19,21H2,1-4H3,(H,35,39)(H,36,40)(H2,42,43,44)(H2,45,46,47)/t26-,27-/m1/s1. The summed E-state index contributed by atoms with van der Waals surface area (Å²) in [5, 5.41) is 5.59. The molecule has 3 aromatic rings. The number of amides is 3. The number of carbonyl (C=O) groups is 4. The zero-order valence-corrected chi connectivity index (χ0v) is 31.9. The molecule has 296 valence electrons. The maximum absolute atomic E-state index is 13.6. The van der Waals surface area contributed by atoms with Gasteiger partial charge < -0.3 is 48.9 Å². The lowest BCUT2D eigenvalue weighted by Crippen LogP contribution is -2.49. The van der Waals surface area contributed by atoms with Crippen LogP contribution in [0.5, 0.6) is 11.5 Å². The molecule has 0 aliphatic carbocycles. The van der Waals surface area contributed by atoms with Crippen molar-refractivity contribution in [2.45, 2.75) is 65.8 Å². The van der Waals surface area contributed by atoms with Crippen molar-refractivity contribution in [3.8, 4) is 22.8 Å². The Kier molecular flexibility index (Phi) is 16.4. The number of furan rings is 1. The molecular weight excluding hydrogens is 752 g/mol. The first kappa shape index (κ1) is 43.9. The molecule has 0 aliphatic rings. The highest BCUT2D eigenvalue weighted by Crippen LogP contribution is 2.38. The van der Waals surface area contributed by atoms with Gasteiger partial charge in [-0.25, -0.2) is 13.9 Å². The largest absolute Gasteiger partial charge is 0.494 e. The number of hydrogen-bond acceptors (Lipinski definition) is 11. The van der Waals surface area contributed by atoms with E-state index in [1.807, 2.05) is 6.92 Å². The number of benzene rings is 2. The zero-order chi connectivity index (χ0) is 40.1. The molecule has 0 spiro atoms. The topological polar surface area (TPSA) is 261 Å². The van der Waals surface area contributed by atoms with Crippen LogP contribution >= 0.6 is 15.4 Å². The molecule has 54 heavy (non-hydrogen) atoms. The van der Waals surface area contributed by atoms with Crippen molar-refractivity contribution in [3.05, 3.63) is 65.4 Å². The van der Waals surface area contributed by atoms with Gasteiger partial charge in [0.2, 0.25) is 12.3 Å². The minimum atomic E-state index is -4.87. The Morgan fingerprint density at radius 1 is 0.963 bits per heavy atom. The van der Waals surface area contributed by atoms with Gasteiger partial charge in [-0.15, -0.1) is 0 Å². The number of hydroxylamine groups is 2.